The average Bonchev–Trinajstić information content (AvgIpc) is 2.57. The van der Waals surface area contributed by atoms with Crippen molar-refractivity contribution >= 4 is 0 Å². The molecule has 3 nitrogen and oxygen atoms in total. The number of nitrogens with zero attached hydrogens (tertiary/aromatic N) is 1. The average molecular weight is 164 g/mol. The summed E-state index contributed by atoms with van der Waals surface area (Å²) in [6, 6.07) is 2.20. The molecule has 12 heavy (non-hydrogen) atoms. The van der Waals surface area contributed by atoms with Crippen LogP contribution in [0.5, 0.6) is 5.75 Å². The summed E-state index contributed by atoms with van der Waals surface area (Å²) in [5.74, 6) is 0.303. The van der Waals surface area contributed by atoms with Gasteiger partial charge >= 0.3 is 0 Å². The molecule has 0 radical (unpaired) electrons. The highest BCUT2D eigenvalue weighted by Gasteiger charge is 2.18. The second-order valence-corrected chi connectivity index (χ2v) is 3.08. The van der Waals surface area contributed by atoms with Crippen LogP contribution in [-0.4, -0.2) is 16.6 Å². The minimum absolute atomic E-state index is 0.303. The third-order valence-electron chi connectivity index (χ3n) is 2.27. The Kier molecular flexibility index (Phi) is 1.96. The number of nitrogens with one attached hydrogen (secondary N) is 1. The van der Waals surface area contributed by atoms with Gasteiger partial charge in [0.15, 0.2) is 0 Å². The number of hydrogen-bond donors (Lipinski definition) is 2. The van der Waals surface area contributed by atoms with Crippen molar-refractivity contribution in [1.82, 2.24) is 10.3 Å². The summed E-state index contributed by atoms with van der Waals surface area (Å²) in [7, 11) is 0. The van der Waals surface area contributed by atoms with Crippen molar-refractivity contribution in [2.45, 2.75) is 18.9 Å². The summed E-state index contributed by atoms with van der Waals surface area (Å²) in [6.45, 7) is 1.05. The first kappa shape index (κ1) is 7.55. The molecule has 2 rings (SSSR count). The lowest BCUT2D eigenvalue weighted by atomic mass is 10.1. The topological polar surface area (TPSA) is 45.2 Å². The minimum Gasteiger partial charge on any atom is -0.506 e. The van der Waals surface area contributed by atoms with Gasteiger partial charge in [-0.05, 0) is 25.5 Å². The Morgan fingerprint density at radius 1 is 1.58 bits per heavy atom. The fourth-order valence-electron chi connectivity index (χ4n) is 1.64. The van der Waals surface area contributed by atoms with E-state index in [9.17, 15) is 5.11 Å². The second-order valence-electron chi connectivity index (χ2n) is 3.08. The van der Waals surface area contributed by atoms with Gasteiger partial charge in [0.1, 0.15) is 5.75 Å². The fourth-order valence-corrected chi connectivity index (χ4v) is 1.64. The van der Waals surface area contributed by atoms with Crippen molar-refractivity contribution < 1.29 is 5.11 Å². The molecule has 1 saturated heterocycles. The maximum absolute atomic E-state index is 9.47. The molecule has 1 aliphatic heterocycles. The first-order valence-electron chi connectivity index (χ1n) is 4.24. The molecule has 0 aromatic carbocycles. The molecule has 0 spiro atoms. The molecular weight excluding hydrogens is 152 g/mol. The highest BCUT2D eigenvalue weighted by atomic mass is 16.3. The summed E-state index contributed by atoms with van der Waals surface area (Å²) in [6.07, 6.45) is 5.51. The van der Waals surface area contributed by atoms with E-state index >= 15 is 0 Å². The highest BCUT2D eigenvalue weighted by molar-refractivity contribution is 5.31. The molecule has 1 atom stereocenters. The number of hydrogen-bond acceptors (Lipinski definition) is 3. The predicted molar refractivity (Wildman–Crippen MR) is 45.9 cm³/mol. The monoisotopic (exact) mass is 164 g/mol. The Bertz CT molecular complexity index is 269. The van der Waals surface area contributed by atoms with Gasteiger partial charge in [-0.1, -0.05) is 0 Å². The van der Waals surface area contributed by atoms with E-state index in [0.717, 1.165) is 18.5 Å². The smallest absolute Gasteiger partial charge is 0.138 e. The normalized spacial score (nSPS) is 22.8. The summed E-state index contributed by atoms with van der Waals surface area (Å²) in [4.78, 5) is 3.84. The van der Waals surface area contributed by atoms with Crippen LogP contribution in [0.3, 0.4) is 0 Å². The van der Waals surface area contributed by atoms with Gasteiger partial charge in [0.05, 0.1) is 6.20 Å². The molecular formula is C9H12N2O. The molecule has 2 N–H and O–H groups in total. The van der Waals surface area contributed by atoms with Gasteiger partial charge in [0.2, 0.25) is 0 Å². The minimum atomic E-state index is 0.303. The van der Waals surface area contributed by atoms with Crippen LogP contribution in [0.25, 0.3) is 0 Å². The van der Waals surface area contributed by atoms with Gasteiger partial charge in [0, 0.05) is 17.8 Å². The third kappa shape index (κ3) is 1.28. The lowest BCUT2D eigenvalue weighted by molar-refractivity contribution is 0.454. The standard InChI is InChI=1S/C9H12N2O/c12-9-6-10-5-3-7(9)8-2-1-4-11-8/h3,5-6,8,11-12H,1-2,4H2/t8-/m1/s1. The number of pyridine rings is 1. The molecule has 1 fully saturated rings. The van der Waals surface area contributed by atoms with Gasteiger partial charge in [-0.15, -0.1) is 0 Å². The van der Waals surface area contributed by atoms with Crippen LogP contribution in [0, 0.1) is 0 Å². The van der Waals surface area contributed by atoms with E-state index in [4.69, 9.17) is 0 Å². The summed E-state index contributed by atoms with van der Waals surface area (Å²) in [5, 5.41) is 12.8. The Labute approximate surface area is 71.4 Å². The molecule has 1 aliphatic rings. The zero-order valence-electron chi connectivity index (χ0n) is 6.83. The van der Waals surface area contributed by atoms with Crippen molar-refractivity contribution in [3.05, 3.63) is 24.0 Å². The van der Waals surface area contributed by atoms with Crippen molar-refractivity contribution in [2.75, 3.05) is 6.54 Å². The molecule has 64 valence electrons. The van der Waals surface area contributed by atoms with Crippen LogP contribution in [0.4, 0.5) is 0 Å². The lowest BCUT2D eigenvalue weighted by Gasteiger charge is -2.10. The van der Waals surface area contributed by atoms with Gasteiger partial charge in [-0.2, -0.15) is 0 Å². The SMILES string of the molecule is Oc1cnccc1[C@H]1CCCN1. The van der Waals surface area contributed by atoms with E-state index in [1.165, 1.54) is 12.6 Å². The van der Waals surface area contributed by atoms with Gasteiger partial charge in [0.25, 0.3) is 0 Å². The van der Waals surface area contributed by atoms with Crippen LogP contribution in [-0.2, 0) is 0 Å². The maximum Gasteiger partial charge on any atom is 0.138 e. The van der Waals surface area contributed by atoms with Crippen molar-refractivity contribution in [3.63, 3.8) is 0 Å². The molecule has 3 heteroatoms. The van der Waals surface area contributed by atoms with Crippen molar-refractivity contribution in [3.8, 4) is 5.75 Å². The van der Waals surface area contributed by atoms with Crippen molar-refractivity contribution in [2.24, 2.45) is 0 Å². The summed E-state index contributed by atoms with van der Waals surface area (Å²) >= 11 is 0. The Morgan fingerprint density at radius 3 is 3.17 bits per heavy atom. The molecule has 1 aromatic rings. The largest absolute Gasteiger partial charge is 0.506 e. The van der Waals surface area contributed by atoms with E-state index in [0.29, 0.717) is 11.8 Å². The van der Waals surface area contributed by atoms with Crippen LogP contribution in [0.2, 0.25) is 0 Å². The fraction of sp³-hybridized carbons (Fsp3) is 0.444. The van der Waals surface area contributed by atoms with Gasteiger partial charge < -0.3 is 10.4 Å². The summed E-state index contributed by atoms with van der Waals surface area (Å²) < 4.78 is 0. The predicted octanol–water partition coefficient (Wildman–Crippen LogP) is 1.21. The third-order valence-corrected chi connectivity index (χ3v) is 2.27. The molecule has 0 bridgehead atoms. The van der Waals surface area contributed by atoms with Crippen LogP contribution in [0.15, 0.2) is 18.5 Å². The van der Waals surface area contributed by atoms with Gasteiger partial charge in [-0.3, -0.25) is 4.98 Å². The maximum atomic E-state index is 9.47. The first-order chi connectivity index (χ1) is 5.88. The summed E-state index contributed by atoms with van der Waals surface area (Å²) in [5.41, 5.74) is 0.975. The van der Waals surface area contributed by atoms with Crippen LogP contribution in [0.1, 0.15) is 24.4 Å². The highest BCUT2D eigenvalue weighted by Crippen LogP contribution is 2.28. The van der Waals surface area contributed by atoms with E-state index in [2.05, 4.69) is 10.3 Å². The van der Waals surface area contributed by atoms with E-state index in [1.54, 1.807) is 6.20 Å². The quantitative estimate of drug-likeness (QED) is 0.655. The van der Waals surface area contributed by atoms with E-state index < -0.39 is 0 Å². The van der Waals surface area contributed by atoms with E-state index in [-0.39, 0.29) is 0 Å². The lowest BCUT2D eigenvalue weighted by Crippen LogP contribution is -2.12. The number of aromatic nitrogens is 1. The number of aromatic hydroxyl groups is 1. The van der Waals surface area contributed by atoms with Gasteiger partial charge in [-0.25, -0.2) is 0 Å². The Morgan fingerprint density at radius 2 is 2.50 bits per heavy atom. The molecule has 0 aliphatic carbocycles. The molecule has 0 amide bonds. The molecule has 0 saturated carbocycles. The Hall–Kier alpha value is -1.09. The second kappa shape index (κ2) is 3.11. The molecule has 1 aromatic heterocycles. The zero-order valence-corrected chi connectivity index (χ0v) is 6.83. The molecule has 2 heterocycles. The van der Waals surface area contributed by atoms with Crippen molar-refractivity contribution in [1.29, 1.82) is 0 Å². The van der Waals surface area contributed by atoms with Crippen LogP contribution >= 0.6 is 0 Å². The van der Waals surface area contributed by atoms with E-state index in [1.807, 2.05) is 6.07 Å². The molecule has 0 unspecified atom stereocenters. The first-order valence-corrected chi connectivity index (χ1v) is 4.24. The zero-order chi connectivity index (χ0) is 8.39. The Balaban J connectivity index is 2.26. The number of rotatable bonds is 1. The van der Waals surface area contributed by atoms with Crippen LogP contribution < -0.4 is 5.32 Å².